The van der Waals surface area contributed by atoms with Crippen LogP contribution in [0.3, 0.4) is 0 Å². The molecule has 0 amide bonds. The Kier molecular flexibility index (Phi) is 4.98. The first kappa shape index (κ1) is 16.3. The Hall–Kier alpha value is -2.57. The van der Waals surface area contributed by atoms with Crippen molar-refractivity contribution in [1.82, 2.24) is 0 Å². The van der Waals surface area contributed by atoms with Crippen molar-refractivity contribution in [3.8, 4) is 6.07 Å². The van der Waals surface area contributed by atoms with Crippen molar-refractivity contribution in [2.45, 2.75) is 13.8 Å². The van der Waals surface area contributed by atoms with Gasteiger partial charge in [0, 0.05) is 18.8 Å². The number of anilines is 1. The number of allylic oxidation sites excluding steroid dienone is 1. The van der Waals surface area contributed by atoms with E-state index in [1.54, 1.807) is 0 Å². The summed E-state index contributed by atoms with van der Waals surface area (Å²) in [4.78, 5) is 2.36. The van der Waals surface area contributed by atoms with Gasteiger partial charge in [-0.05, 0) is 48.7 Å². The molecule has 1 aliphatic heterocycles. The van der Waals surface area contributed by atoms with Gasteiger partial charge in [-0.25, -0.2) is 0 Å². The molecule has 24 heavy (non-hydrogen) atoms. The van der Waals surface area contributed by atoms with Crippen molar-refractivity contribution in [2.24, 2.45) is 0 Å². The molecule has 0 aliphatic carbocycles. The van der Waals surface area contributed by atoms with Gasteiger partial charge in [0.25, 0.3) is 0 Å². The zero-order valence-electron chi connectivity index (χ0n) is 14.2. The highest BCUT2D eigenvalue weighted by molar-refractivity contribution is 5.89. The number of rotatable bonds is 3. The molecular weight excluding hydrogens is 296 g/mol. The van der Waals surface area contributed by atoms with Gasteiger partial charge in [-0.3, -0.25) is 0 Å². The molecule has 3 heteroatoms. The molecule has 1 heterocycles. The van der Waals surface area contributed by atoms with E-state index >= 15 is 0 Å². The number of hydrogen-bond acceptors (Lipinski definition) is 3. The molecule has 3 nitrogen and oxygen atoms in total. The van der Waals surface area contributed by atoms with E-state index in [4.69, 9.17) is 4.74 Å². The second-order valence-electron chi connectivity index (χ2n) is 6.18. The summed E-state index contributed by atoms with van der Waals surface area (Å²) < 4.78 is 5.42. The molecule has 2 aromatic carbocycles. The maximum absolute atomic E-state index is 9.50. The predicted molar refractivity (Wildman–Crippen MR) is 98.9 cm³/mol. The van der Waals surface area contributed by atoms with Gasteiger partial charge in [0.05, 0.1) is 24.9 Å². The molecule has 0 bridgehead atoms. The quantitative estimate of drug-likeness (QED) is 0.628. The maximum atomic E-state index is 9.50. The first-order valence-electron chi connectivity index (χ1n) is 8.29. The number of aryl methyl sites for hydroxylation is 2. The van der Waals surface area contributed by atoms with Crippen LogP contribution in [0.5, 0.6) is 0 Å². The van der Waals surface area contributed by atoms with E-state index in [0.29, 0.717) is 5.57 Å². The summed E-state index contributed by atoms with van der Waals surface area (Å²) in [5, 5.41) is 9.50. The maximum Gasteiger partial charge on any atom is 0.0998 e. The predicted octanol–water partition coefficient (Wildman–Crippen LogP) is 4.20. The van der Waals surface area contributed by atoms with Gasteiger partial charge in [0.1, 0.15) is 0 Å². The third kappa shape index (κ3) is 3.67. The van der Waals surface area contributed by atoms with E-state index in [0.717, 1.165) is 37.4 Å². The lowest BCUT2D eigenvalue weighted by Crippen LogP contribution is -2.36. The first-order valence-corrected chi connectivity index (χ1v) is 8.29. The molecule has 0 radical (unpaired) electrons. The number of morpholine rings is 1. The van der Waals surface area contributed by atoms with Crippen LogP contribution in [0, 0.1) is 25.2 Å². The van der Waals surface area contributed by atoms with Gasteiger partial charge >= 0.3 is 0 Å². The Bertz CT molecular complexity index is 778. The Labute approximate surface area is 143 Å². The lowest BCUT2D eigenvalue weighted by atomic mass is 10.0. The fraction of sp³-hybridized carbons (Fsp3) is 0.286. The minimum absolute atomic E-state index is 0.688. The number of nitriles is 1. The summed E-state index contributed by atoms with van der Waals surface area (Å²) in [5.41, 5.74) is 6.38. The molecular formula is C21H22N2O. The molecule has 1 saturated heterocycles. The molecule has 0 spiro atoms. The van der Waals surface area contributed by atoms with Crippen LogP contribution in [-0.2, 0) is 4.74 Å². The zero-order valence-corrected chi connectivity index (χ0v) is 14.2. The standard InChI is InChI=1S/C21H22N2O/c1-16-3-6-19(7-4-16)20(15-22)14-18-5-8-21(17(2)13-18)23-9-11-24-12-10-23/h3-8,13-14H,9-12H2,1-2H3/b20-14-. The summed E-state index contributed by atoms with van der Waals surface area (Å²) in [5.74, 6) is 0. The molecule has 2 aromatic rings. The van der Waals surface area contributed by atoms with Crippen LogP contribution < -0.4 is 4.90 Å². The monoisotopic (exact) mass is 318 g/mol. The van der Waals surface area contributed by atoms with Crippen LogP contribution in [0.4, 0.5) is 5.69 Å². The van der Waals surface area contributed by atoms with Crippen LogP contribution in [0.15, 0.2) is 42.5 Å². The summed E-state index contributed by atoms with van der Waals surface area (Å²) in [6.07, 6.45) is 1.96. The van der Waals surface area contributed by atoms with E-state index in [-0.39, 0.29) is 0 Å². The van der Waals surface area contributed by atoms with Gasteiger partial charge in [0.2, 0.25) is 0 Å². The first-order chi connectivity index (χ1) is 11.7. The number of hydrogen-bond donors (Lipinski definition) is 0. The van der Waals surface area contributed by atoms with Crippen LogP contribution >= 0.6 is 0 Å². The van der Waals surface area contributed by atoms with Gasteiger partial charge in [-0.2, -0.15) is 5.26 Å². The van der Waals surface area contributed by atoms with E-state index in [1.165, 1.54) is 16.8 Å². The normalized spacial score (nSPS) is 15.2. The van der Waals surface area contributed by atoms with Gasteiger partial charge in [-0.15, -0.1) is 0 Å². The highest BCUT2D eigenvalue weighted by atomic mass is 16.5. The molecule has 0 atom stereocenters. The van der Waals surface area contributed by atoms with Crippen LogP contribution in [0.1, 0.15) is 22.3 Å². The van der Waals surface area contributed by atoms with Gasteiger partial charge in [-0.1, -0.05) is 35.9 Å². The lowest BCUT2D eigenvalue weighted by Gasteiger charge is -2.30. The van der Waals surface area contributed by atoms with Crippen LogP contribution in [0.2, 0.25) is 0 Å². The number of benzene rings is 2. The second-order valence-corrected chi connectivity index (χ2v) is 6.18. The third-order valence-electron chi connectivity index (χ3n) is 4.37. The van der Waals surface area contributed by atoms with Crippen molar-refractivity contribution >= 4 is 17.3 Å². The second kappa shape index (κ2) is 7.33. The smallest absolute Gasteiger partial charge is 0.0998 e. The molecule has 0 saturated carbocycles. The largest absolute Gasteiger partial charge is 0.378 e. The zero-order chi connectivity index (χ0) is 16.9. The Balaban J connectivity index is 1.87. The van der Waals surface area contributed by atoms with Crippen molar-refractivity contribution in [3.05, 3.63) is 64.7 Å². The van der Waals surface area contributed by atoms with Crippen molar-refractivity contribution in [3.63, 3.8) is 0 Å². The number of nitrogens with zero attached hydrogens (tertiary/aromatic N) is 2. The Morgan fingerprint density at radius 1 is 1.08 bits per heavy atom. The molecule has 0 unspecified atom stereocenters. The summed E-state index contributed by atoms with van der Waals surface area (Å²) in [7, 11) is 0. The highest BCUT2D eigenvalue weighted by Crippen LogP contribution is 2.25. The summed E-state index contributed by atoms with van der Waals surface area (Å²) in [6.45, 7) is 7.61. The Morgan fingerprint density at radius 3 is 2.42 bits per heavy atom. The molecule has 122 valence electrons. The minimum Gasteiger partial charge on any atom is -0.378 e. The van der Waals surface area contributed by atoms with Gasteiger partial charge < -0.3 is 9.64 Å². The topological polar surface area (TPSA) is 36.3 Å². The third-order valence-corrected chi connectivity index (χ3v) is 4.37. The summed E-state index contributed by atoms with van der Waals surface area (Å²) >= 11 is 0. The van der Waals surface area contributed by atoms with Crippen molar-refractivity contribution < 1.29 is 4.74 Å². The molecule has 0 aromatic heterocycles. The van der Waals surface area contributed by atoms with Crippen LogP contribution in [-0.4, -0.2) is 26.3 Å². The number of ether oxygens (including phenoxy) is 1. The molecule has 3 rings (SSSR count). The fourth-order valence-electron chi connectivity index (χ4n) is 3.01. The Morgan fingerprint density at radius 2 is 1.79 bits per heavy atom. The van der Waals surface area contributed by atoms with E-state index in [1.807, 2.05) is 37.3 Å². The van der Waals surface area contributed by atoms with E-state index in [2.05, 4.69) is 36.1 Å². The van der Waals surface area contributed by atoms with Crippen molar-refractivity contribution in [2.75, 3.05) is 31.2 Å². The van der Waals surface area contributed by atoms with E-state index < -0.39 is 0 Å². The summed E-state index contributed by atoms with van der Waals surface area (Å²) in [6, 6.07) is 16.8. The molecule has 1 aliphatic rings. The highest BCUT2D eigenvalue weighted by Gasteiger charge is 2.13. The molecule has 1 fully saturated rings. The van der Waals surface area contributed by atoms with E-state index in [9.17, 15) is 5.26 Å². The SMILES string of the molecule is Cc1ccc(/C(C#N)=C\c2ccc(N3CCOCC3)c(C)c2)cc1. The lowest BCUT2D eigenvalue weighted by molar-refractivity contribution is 0.122. The van der Waals surface area contributed by atoms with Crippen molar-refractivity contribution in [1.29, 1.82) is 5.26 Å². The fourth-order valence-corrected chi connectivity index (χ4v) is 3.01. The average molecular weight is 318 g/mol. The van der Waals surface area contributed by atoms with Gasteiger partial charge in [0.15, 0.2) is 0 Å². The average Bonchev–Trinajstić information content (AvgIpc) is 2.61. The molecule has 0 N–H and O–H groups in total. The van der Waals surface area contributed by atoms with Crippen LogP contribution in [0.25, 0.3) is 11.6 Å². The minimum atomic E-state index is 0.688.